The number of rotatable bonds is 2. The van der Waals surface area contributed by atoms with Crippen LogP contribution in [0.15, 0.2) is 24.3 Å². The zero-order chi connectivity index (χ0) is 9.84. The lowest BCUT2D eigenvalue weighted by atomic mass is 10.1. The first-order valence-electron chi connectivity index (χ1n) is 3.88. The summed E-state index contributed by atoms with van der Waals surface area (Å²) in [7, 11) is 0. The number of aromatic hydroxyl groups is 1. The third kappa shape index (κ3) is 2.66. The average molecular weight is 181 g/mol. The van der Waals surface area contributed by atoms with Gasteiger partial charge in [0.05, 0.1) is 6.04 Å². The molecule has 0 bridgehead atoms. The molecular formula is C9H11NO3. The third-order valence-corrected chi connectivity index (χ3v) is 1.73. The van der Waals surface area contributed by atoms with Crippen molar-refractivity contribution in [1.29, 1.82) is 0 Å². The topological polar surface area (TPSA) is 69.6 Å². The molecule has 4 heteroatoms. The molecule has 1 atom stereocenters. The predicted octanol–water partition coefficient (Wildman–Crippen LogP) is 1.72. The summed E-state index contributed by atoms with van der Waals surface area (Å²) in [5.41, 5.74) is 0.820. The number of carbonyl (C=O) groups is 1. The minimum atomic E-state index is -1.06. The van der Waals surface area contributed by atoms with Crippen molar-refractivity contribution in [2.75, 3.05) is 0 Å². The molecule has 1 amide bonds. The maximum Gasteiger partial charge on any atom is 0.405 e. The molecule has 1 aromatic carbocycles. The van der Waals surface area contributed by atoms with Gasteiger partial charge in [0.1, 0.15) is 5.75 Å². The van der Waals surface area contributed by atoms with Gasteiger partial charge in [-0.2, -0.15) is 0 Å². The molecule has 3 N–H and O–H groups in total. The molecule has 0 heterocycles. The number of phenolic OH excluding ortho intramolecular Hbond substituents is 1. The van der Waals surface area contributed by atoms with Crippen LogP contribution >= 0.6 is 0 Å². The molecule has 0 aliphatic carbocycles. The van der Waals surface area contributed by atoms with E-state index in [9.17, 15) is 4.79 Å². The van der Waals surface area contributed by atoms with E-state index in [4.69, 9.17) is 10.2 Å². The minimum Gasteiger partial charge on any atom is -0.508 e. The van der Waals surface area contributed by atoms with Crippen molar-refractivity contribution >= 4 is 6.09 Å². The fourth-order valence-electron chi connectivity index (χ4n) is 1.03. The zero-order valence-corrected chi connectivity index (χ0v) is 7.19. The lowest BCUT2D eigenvalue weighted by molar-refractivity contribution is 0.191. The van der Waals surface area contributed by atoms with E-state index in [2.05, 4.69) is 5.32 Å². The smallest absolute Gasteiger partial charge is 0.405 e. The van der Waals surface area contributed by atoms with Gasteiger partial charge in [-0.15, -0.1) is 0 Å². The van der Waals surface area contributed by atoms with Crippen LogP contribution < -0.4 is 5.32 Å². The second-order valence-corrected chi connectivity index (χ2v) is 2.76. The SMILES string of the molecule is C[C@H](NC(=O)O)c1ccc(O)cc1. The number of amides is 1. The highest BCUT2D eigenvalue weighted by molar-refractivity contribution is 5.65. The molecule has 13 heavy (non-hydrogen) atoms. The second-order valence-electron chi connectivity index (χ2n) is 2.76. The summed E-state index contributed by atoms with van der Waals surface area (Å²) < 4.78 is 0. The van der Waals surface area contributed by atoms with E-state index in [1.54, 1.807) is 19.1 Å². The van der Waals surface area contributed by atoms with Gasteiger partial charge < -0.3 is 15.5 Å². The molecule has 0 unspecified atom stereocenters. The van der Waals surface area contributed by atoms with E-state index >= 15 is 0 Å². The van der Waals surface area contributed by atoms with Gasteiger partial charge in [0.15, 0.2) is 0 Å². The van der Waals surface area contributed by atoms with Crippen molar-refractivity contribution in [1.82, 2.24) is 5.32 Å². The van der Waals surface area contributed by atoms with E-state index in [-0.39, 0.29) is 11.8 Å². The summed E-state index contributed by atoms with van der Waals surface area (Å²) in [5, 5.41) is 19.7. The standard InChI is InChI=1S/C9H11NO3/c1-6(10-9(12)13)7-2-4-8(11)5-3-7/h2-6,10-11H,1H3,(H,12,13)/t6-/m0/s1. The molecule has 0 radical (unpaired) electrons. The van der Waals surface area contributed by atoms with Crippen molar-refractivity contribution in [3.8, 4) is 5.75 Å². The van der Waals surface area contributed by atoms with Gasteiger partial charge in [-0.1, -0.05) is 12.1 Å². The highest BCUT2D eigenvalue weighted by atomic mass is 16.4. The molecule has 0 aromatic heterocycles. The maximum absolute atomic E-state index is 10.3. The van der Waals surface area contributed by atoms with Gasteiger partial charge in [0, 0.05) is 0 Å². The molecule has 0 aliphatic rings. The molecule has 70 valence electrons. The van der Waals surface area contributed by atoms with Gasteiger partial charge in [-0.05, 0) is 24.6 Å². The average Bonchev–Trinajstić information content (AvgIpc) is 2.04. The van der Waals surface area contributed by atoms with Crippen molar-refractivity contribution in [3.05, 3.63) is 29.8 Å². The summed E-state index contributed by atoms with van der Waals surface area (Å²) in [5.74, 6) is 0.172. The van der Waals surface area contributed by atoms with Gasteiger partial charge in [-0.25, -0.2) is 4.79 Å². The highest BCUT2D eigenvalue weighted by Crippen LogP contribution is 2.15. The summed E-state index contributed by atoms with van der Waals surface area (Å²) in [6.45, 7) is 1.74. The Hall–Kier alpha value is -1.71. The second kappa shape index (κ2) is 3.80. The molecule has 0 aliphatic heterocycles. The van der Waals surface area contributed by atoms with E-state index in [1.165, 1.54) is 12.1 Å². The molecule has 0 saturated carbocycles. The van der Waals surface area contributed by atoms with Crippen LogP contribution in [0.3, 0.4) is 0 Å². The number of carboxylic acid groups (broad SMARTS) is 1. The lowest BCUT2D eigenvalue weighted by Gasteiger charge is -2.11. The van der Waals surface area contributed by atoms with Crippen LogP contribution in [0.1, 0.15) is 18.5 Å². The largest absolute Gasteiger partial charge is 0.508 e. The number of hydrogen-bond acceptors (Lipinski definition) is 2. The van der Waals surface area contributed by atoms with Gasteiger partial charge >= 0.3 is 6.09 Å². The highest BCUT2D eigenvalue weighted by Gasteiger charge is 2.06. The Balaban J connectivity index is 2.71. The van der Waals surface area contributed by atoms with E-state index in [0.29, 0.717) is 0 Å². The van der Waals surface area contributed by atoms with Crippen LogP contribution in [0, 0.1) is 0 Å². The summed E-state index contributed by atoms with van der Waals surface area (Å²) in [6, 6.07) is 6.13. The Kier molecular flexibility index (Phi) is 2.74. The van der Waals surface area contributed by atoms with Crippen LogP contribution in [0.5, 0.6) is 5.75 Å². The molecule has 1 aromatic rings. The van der Waals surface area contributed by atoms with Gasteiger partial charge in [0.2, 0.25) is 0 Å². The molecule has 0 saturated heterocycles. The quantitative estimate of drug-likeness (QED) is 0.650. The van der Waals surface area contributed by atoms with Gasteiger partial charge in [-0.3, -0.25) is 0 Å². The Bertz CT molecular complexity index is 294. The fraction of sp³-hybridized carbons (Fsp3) is 0.222. The number of nitrogens with one attached hydrogen (secondary N) is 1. The van der Waals surface area contributed by atoms with E-state index in [0.717, 1.165) is 5.56 Å². The molecule has 1 rings (SSSR count). The normalized spacial score (nSPS) is 12.1. The van der Waals surface area contributed by atoms with Gasteiger partial charge in [0.25, 0.3) is 0 Å². The molecule has 0 fully saturated rings. The minimum absolute atomic E-state index is 0.172. The van der Waals surface area contributed by atoms with Crippen molar-refractivity contribution in [3.63, 3.8) is 0 Å². The molecule has 4 nitrogen and oxygen atoms in total. The van der Waals surface area contributed by atoms with Crippen molar-refractivity contribution < 1.29 is 15.0 Å². The Morgan fingerprint density at radius 2 is 1.92 bits per heavy atom. The van der Waals surface area contributed by atoms with Crippen LogP contribution in [-0.2, 0) is 0 Å². The first-order chi connectivity index (χ1) is 6.09. The number of benzene rings is 1. The molecule has 0 spiro atoms. The summed E-state index contributed by atoms with van der Waals surface area (Å²) >= 11 is 0. The molecular weight excluding hydrogens is 170 g/mol. The van der Waals surface area contributed by atoms with Crippen molar-refractivity contribution in [2.45, 2.75) is 13.0 Å². The van der Waals surface area contributed by atoms with Crippen molar-refractivity contribution in [2.24, 2.45) is 0 Å². The first kappa shape index (κ1) is 9.38. The Morgan fingerprint density at radius 3 is 2.38 bits per heavy atom. The van der Waals surface area contributed by atoms with Crippen LogP contribution in [0.4, 0.5) is 4.79 Å². The number of hydrogen-bond donors (Lipinski definition) is 3. The number of phenols is 1. The third-order valence-electron chi connectivity index (χ3n) is 1.73. The van der Waals surface area contributed by atoms with Crippen LogP contribution in [-0.4, -0.2) is 16.3 Å². The predicted molar refractivity (Wildman–Crippen MR) is 47.7 cm³/mol. The Morgan fingerprint density at radius 1 is 1.38 bits per heavy atom. The Labute approximate surface area is 75.8 Å². The van der Waals surface area contributed by atoms with Crippen LogP contribution in [0.25, 0.3) is 0 Å². The lowest BCUT2D eigenvalue weighted by Crippen LogP contribution is -2.24. The monoisotopic (exact) mass is 181 g/mol. The van der Waals surface area contributed by atoms with E-state index in [1.807, 2.05) is 0 Å². The first-order valence-corrected chi connectivity index (χ1v) is 3.88. The van der Waals surface area contributed by atoms with Crippen LogP contribution in [0.2, 0.25) is 0 Å². The maximum atomic E-state index is 10.3. The zero-order valence-electron chi connectivity index (χ0n) is 7.19. The summed E-state index contributed by atoms with van der Waals surface area (Å²) in [4.78, 5) is 10.3. The van der Waals surface area contributed by atoms with E-state index < -0.39 is 6.09 Å². The summed E-state index contributed by atoms with van der Waals surface area (Å²) in [6.07, 6.45) is -1.06. The fourth-order valence-corrected chi connectivity index (χ4v) is 1.03.